The number of aliphatic hydroxyl groups is 1. The van der Waals surface area contributed by atoms with Crippen molar-refractivity contribution in [1.82, 2.24) is 0 Å². The molecule has 0 aromatic carbocycles. The van der Waals surface area contributed by atoms with Crippen molar-refractivity contribution in [2.24, 2.45) is 0 Å². The summed E-state index contributed by atoms with van der Waals surface area (Å²) < 4.78 is 31.3. The monoisotopic (exact) mass is 240 g/mol. The van der Waals surface area contributed by atoms with Crippen LogP contribution in [0.3, 0.4) is 0 Å². The molecule has 0 amide bonds. The molecule has 5 heteroatoms. The average Bonchev–Trinajstić information content (AvgIpc) is 1.25. The van der Waals surface area contributed by atoms with E-state index in [4.69, 9.17) is 5.11 Å². The smallest absolute Gasteiger partial charge is 0.372 e. The van der Waals surface area contributed by atoms with Crippen molar-refractivity contribution >= 4 is 22.6 Å². The maximum absolute atomic E-state index is 11.3. The highest BCUT2D eigenvalue weighted by Gasteiger charge is 2.47. The minimum Gasteiger partial charge on any atom is -0.372 e. The topological polar surface area (TPSA) is 20.2 Å². The molecule has 0 aliphatic rings. The molecule has 1 atom stereocenters. The van der Waals surface area contributed by atoms with Gasteiger partial charge in [-0.25, -0.2) is 0 Å². The van der Waals surface area contributed by atoms with Crippen molar-refractivity contribution in [1.29, 1.82) is 0 Å². The van der Waals surface area contributed by atoms with Crippen LogP contribution in [0.5, 0.6) is 0 Å². The van der Waals surface area contributed by atoms with E-state index in [0.717, 1.165) is 22.6 Å². The third-order valence-electron chi connectivity index (χ3n) is 0.517. The van der Waals surface area contributed by atoms with E-state index in [1.807, 2.05) is 0 Å². The van der Waals surface area contributed by atoms with Crippen LogP contribution in [0.4, 0.5) is 13.2 Å². The van der Waals surface area contributed by atoms with Crippen molar-refractivity contribution in [3.05, 3.63) is 0 Å². The van der Waals surface area contributed by atoms with E-state index < -0.39 is 9.78 Å². The molecule has 50 valence electrons. The van der Waals surface area contributed by atoms with Gasteiger partial charge in [0.2, 0.25) is 3.61 Å². The summed E-state index contributed by atoms with van der Waals surface area (Å²) in [6.45, 7) is 0.688. The Morgan fingerprint density at radius 3 is 1.50 bits per heavy atom. The summed E-state index contributed by atoms with van der Waals surface area (Å²) in [7, 11) is 0. The Morgan fingerprint density at radius 1 is 1.38 bits per heavy atom. The zero-order valence-corrected chi connectivity index (χ0v) is 6.12. The van der Waals surface area contributed by atoms with Crippen molar-refractivity contribution < 1.29 is 18.3 Å². The Hall–Kier alpha value is 0.480. The van der Waals surface area contributed by atoms with E-state index in [0.29, 0.717) is 6.92 Å². The van der Waals surface area contributed by atoms with Crippen LogP contribution in [0.1, 0.15) is 6.92 Å². The van der Waals surface area contributed by atoms with Crippen molar-refractivity contribution in [3.63, 3.8) is 0 Å². The van der Waals surface area contributed by atoms with Crippen LogP contribution in [-0.2, 0) is 0 Å². The van der Waals surface area contributed by atoms with Gasteiger partial charge in [0.1, 0.15) is 0 Å². The van der Waals surface area contributed by atoms with E-state index in [9.17, 15) is 13.2 Å². The summed E-state index contributed by atoms with van der Waals surface area (Å²) in [5.74, 6) is 0. The van der Waals surface area contributed by atoms with Crippen molar-refractivity contribution in [2.75, 3.05) is 0 Å². The molecule has 0 radical (unpaired) electrons. The molecule has 0 rings (SSSR count). The van der Waals surface area contributed by atoms with Gasteiger partial charge in [-0.05, 0) is 29.5 Å². The quantitative estimate of drug-likeness (QED) is 0.504. The largest absolute Gasteiger partial charge is 0.426 e. The molecular formula is C3H4F3IO. The Labute approximate surface area is 58.0 Å². The minimum atomic E-state index is -4.52. The molecule has 0 aromatic rings. The zero-order valence-electron chi connectivity index (χ0n) is 3.96. The first-order chi connectivity index (χ1) is 3.25. The van der Waals surface area contributed by atoms with E-state index >= 15 is 0 Å². The predicted octanol–water partition coefficient (Wildman–Crippen LogP) is 1.69. The van der Waals surface area contributed by atoms with Crippen LogP contribution < -0.4 is 0 Å². The lowest BCUT2D eigenvalue weighted by atomic mass is 10.4. The Balaban J connectivity index is 4.02. The minimum absolute atomic E-state index is 0.688. The van der Waals surface area contributed by atoms with Crippen molar-refractivity contribution in [3.8, 4) is 0 Å². The lowest BCUT2D eigenvalue weighted by Gasteiger charge is -2.18. The molecule has 0 heterocycles. The predicted molar refractivity (Wildman–Crippen MR) is 30.7 cm³/mol. The lowest BCUT2D eigenvalue weighted by Crippen LogP contribution is -2.35. The van der Waals surface area contributed by atoms with Crippen LogP contribution in [0, 0.1) is 0 Å². The van der Waals surface area contributed by atoms with Gasteiger partial charge in [-0.2, -0.15) is 13.2 Å². The summed E-state index contributed by atoms with van der Waals surface area (Å²) in [6, 6.07) is 0. The fourth-order valence-corrected chi connectivity index (χ4v) is 0. The summed E-state index contributed by atoms with van der Waals surface area (Å²) >= 11 is 0.914. The van der Waals surface area contributed by atoms with E-state index in [1.54, 1.807) is 0 Å². The molecule has 1 N–H and O–H groups in total. The van der Waals surface area contributed by atoms with E-state index in [-0.39, 0.29) is 0 Å². The van der Waals surface area contributed by atoms with E-state index in [2.05, 4.69) is 0 Å². The number of hydrogen-bond acceptors (Lipinski definition) is 1. The Kier molecular flexibility index (Phi) is 2.14. The second-order valence-electron chi connectivity index (χ2n) is 1.45. The summed E-state index contributed by atoms with van der Waals surface area (Å²) in [5, 5.41) is 8.22. The third kappa shape index (κ3) is 2.17. The lowest BCUT2D eigenvalue weighted by molar-refractivity contribution is -0.205. The molecule has 0 aromatic heterocycles. The molecule has 0 aliphatic carbocycles. The van der Waals surface area contributed by atoms with Crippen LogP contribution in [0.15, 0.2) is 0 Å². The third-order valence-corrected chi connectivity index (χ3v) is 1.13. The van der Waals surface area contributed by atoms with Crippen molar-refractivity contribution in [2.45, 2.75) is 16.7 Å². The van der Waals surface area contributed by atoms with Crippen LogP contribution in [-0.4, -0.2) is 14.9 Å². The Morgan fingerprint density at radius 2 is 1.50 bits per heavy atom. The Bertz CT molecular complexity index is 69.5. The average molecular weight is 240 g/mol. The van der Waals surface area contributed by atoms with Gasteiger partial charge in [-0.3, -0.25) is 0 Å². The van der Waals surface area contributed by atoms with Crippen LogP contribution in [0.25, 0.3) is 0 Å². The SMILES string of the molecule is C[C@](O)(I)C(F)(F)F. The molecule has 0 saturated heterocycles. The fourth-order valence-electron chi connectivity index (χ4n) is 0. The van der Waals surface area contributed by atoms with Crippen LogP contribution >= 0.6 is 22.6 Å². The van der Waals surface area contributed by atoms with Crippen LogP contribution in [0.2, 0.25) is 0 Å². The summed E-state index contributed by atoms with van der Waals surface area (Å²) in [6.07, 6.45) is -4.52. The first-order valence-electron chi connectivity index (χ1n) is 1.73. The molecule has 0 aliphatic heterocycles. The highest BCUT2D eigenvalue weighted by molar-refractivity contribution is 14.1. The van der Waals surface area contributed by atoms with E-state index in [1.165, 1.54) is 0 Å². The number of alkyl halides is 4. The second-order valence-corrected chi connectivity index (χ2v) is 3.55. The van der Waals surface area contributed by atoms with Gasteiger partial charge in [-0.1, -0.05) is 0 Å². The molecule has 0 saturated carbocycles. The summed E-state index contributed by atoms with van der Waals surface area (Å²) in [4.78, 5) is 0. The van der Waals surface area contributed by atoms with Gasteiger partial charge in [-0.15, -0.1) is 0 Å². The molecule has 0 bridgehead atoms. The van der Waals surface area contributed by atoms with Gasteiger partial charge in [0, 0.05) is 0 Å². The molecule has 0 unspecified atom stereocenters. The van der Waals surface area contributed by atoms with Gasteiger partial charge in [0.05, 0.1) is 0 Å². The number of hydrogen-bond donors (Lipinski definition) is 1. The highest BCUT2D eigenvalue weighted by Crippen LogP contribution is 2.34. The normalized spacial score (nSPS) is 20.2. The highest BCUT2D eigenvalue weighted by atomic mass is 127. The fraction of sp³-hybridized carbons (Fsp3) is 1.00. The van der Waals surface area contributed by atoms with Gasteiger partial charge >= 0.3 is 6.18 Å². The van der Waals surface area contributed by atoms with Gasteiger partial charge in [0.25, 0.3) is 0 Å². The maximum atomic E-state index is 11.3. The van der Waals surface area contributed by atoms with Gasteiger partial charge < -0.3 is 5.11 Å². The second kappa shape index (κ2) is 2.02. The molecular weight excluding hydrogens is 236 g/mol. The summed E-state index contributed by atoms with van der Waals surface area (Å²) in [5.41, 5.74) is 0. The standard InChI is InChI=1S/C3H4F3IO/c1-2(7,8)3(4,5)6/h8H,1H3/t2-/m1/s1. The number of halogens is 4. The molecule has 1 nitrogen and oxygen atoms in total. The first kappa shape index (κ1) is 8.48. The maximum Gasteiger partial charge on any atom is 0.426 e. The molecule has 0 fully saturated rings. The number of rotatable bonds is 0. The van der Waals surface area contributed by atoms with Gasteiger partial charge in [0.15, 0.2) is 0 Å². The molecule has 0 spiro atoms. The first-order valence-corrected chi connectivity index (χ1v) is 2.81. The molecule has 8 heavy (non-hydrogen) atoms. The zero-order chi connectivity index (χ0) is 7.00.